The van der Waals surface area contributed by atoms with Crippen molar-refractivity contribution in [2.75, 3.05) is 17.6 Å². The summed E-state index contributed by atoms with van der Waals surface area (Å²) in [5.74, 6) is -1.78. The zero-order valence-corrected chi connectivity index (χ0v) is 15.0. The number of nitrogen functional groups attached to an aromatic ring is 1. The van der Waals surface area contributed by atoms with E-state index < -0.39 is 23.5 Å². The minimum Gasteiger partial charge on any atom is -0.480 e. The molecule has 150 valence electrons. The van der Waals surface area contributed by atoms with Crippen LogP contribution in [0.2, 0.25) is 0 Å². The van der Waals surface area contributed by atoms with Crippen LogP contribution in [0, 0.1) is 0 Å². The molecule has 2 heterocycles. The van der Waals surface area contributed by atoms with Gasteiger partial charge in [-0.3, -0.25) is 14.6 Å². The Morgan fingerprint density at radius 2 is 1.93 bits per heavy atom. The number of H-pyrrole nitrogens is 1. The number of benzene rings is 1. The van der Waals surface area contributed by atoms with Crippen molar-refractivity contribution in [2.45, 2.75) is 12.6 Å². The number of aromatic amines is 1. The van der Waals surface area contributed by atoms with E-state index in [1.807, 2.05) is 0 Å². The lowest BCUT2D eigenvalue weighted by Gasteiger charge is -2.12. The Labute approximate surface area is 163 Å². The third kappa shape index (κ3) is 4.62. The summed E-state index contributed by atoms with van der Waals surface area (Å²) >= 11 is 0. The largest absolute Gasteiger partial charge is 0.480 e. The standard InChI is InChI=1S/C17H18N8O4/c18-5-11(16(28)29)23-14(26)8-1-3-9(4-2-8)20-6-10-7-21-13-12(22-10)15(27)25-17(19)24-13/h1-4,7,11,20H,5-6,18H2,(H,23,26)(H,28,29)(H3,19,21,24,25,27)/t11-/m0/s1. The molecule has 0 bridgehead atoms. The minimum absolute atomic E-state index is 0.0343. The Bertz CT molecular complexity index is 1110. The maximum Gasteiger partial charge on any atom is 0.327 e. The fourth-order valence-electron chi connectivity index (χ4n) is 2.45. The summed E-state index contributed by atoms with van der Waals surface area (Å²) in [7, 11) is 0. The number of rotatable bonds is 7. The van der Waals surface area contributed by atoms with Gasteiger partial charge in [-0.05, 0) is 24.3 Å². The molecule has 0 aliphatic carbocycles. The zero-order chi connectivity index (χ0) is 21.0. The van der Waals surface area contributed by atoms with Gasteiger partial charge in [-0.25, -0.2) is 14.8 Å². The monoisotopic (exact) mass is 398 g/mol. The lowest BCUT2D eigenvalue weighted by Crippen LogP contribution is -2.45. The van der Waals surface area contributed by atoms with Crippen LogP contribution in [0.4, 0.5) is 11.6 Å². The number of carboxylic acids is 1. The second kappa shape index (κ2) is 8.31. The van der Waals surface area contributed by atoms with Crippen molar-refractivity contribution in [3.8, 4) is 0 Å². The normalized spacial score (nSPS) is 11.8. The number of fused-ring (bicyclic) bond motifs is 1. The number of carbonyl (C=O) groups is 2. The first-order valence-electron chi connectivity index (χ1n) is 8.46. The van der Waals surface area contributed by atoms with Crippen molar-refractivity contribution in [1.82, 2.24) is 25.3 Å². The fraction of sp³-hybridized carbons (Fsp3) is 0.176. The smallest absolute Gasteiger partial charge is 0.327 e. The molecule has 0 saturated heterocycles. The molecule has 0 radical (unpaired) electrons. The Morgan fingerprint density at radius 1 is 1.21 bits per heavy atom. The number of nitrogens with one attached hydrogen (secondary N) is 3. The molecule has 0 aliphatic rings. The van der Waals surface area contributed by atoms with Crippen LogP contribution in [-0.2, 0) is 11.3 Å². The van der Waals surface area contributed by atoms with E-state index in [0.717, 1.165) is 0 Å². The number of aliphatic carboxylic acids is 1. The van der Waals surface area contributed by atoms with Crippen LogP contribution in [-0.4, -0.2) is 49.5 Å². The summed E-state index contributed by atoms with van der Waals surface area (Å²) in [6.07, 6.45) is 1.47. The van der Waals surface area contributed by atoms with Crippen molar-refractivity contribution in [2.24, 2.45) is 5.73 Å². The molecule has 3 aromatic rings. The Balaban J connectivity index is 1.66. The van der Waals surface area contributed by atoms with Gasteiger partial charge in [-0.2, -0.15) is 4.98 Å². The summed E-state index contributed by atoms with van der Waals surface area (Å²) in [5, 5.41) is 14.4. The average molecular weight is 398 g/mol. The molecular formula is C17H18N8O4. The lowest BCUT2D eigenvalue weighted by atomic mass is 10.1. The number of anilines is 2. The van der Waals surface area contributed by atoms with E-state index in [0.29, 0.717) is 11.4 Å². The van der Waals surface area contributed by atoms with Crippen molar-refractivity contribution in [3.63, 3.8) is 0 Å². The molecule has 1 amide bonds. The van der Waals surface area contributed by atoms with Gasteiger partial charge in [0.2, 0.25) is 5.95 Å². The quantitative estimate of drug-likeness (QED) is 0.288. The number of carboxylic acid groups (broad SMARTS) is 1. The first kappa shape index (κ1) is 19.7. The molecule has 0 saturated carbocycles. The summed E-state index contributed by atoms with van der Waals surface area (Å²) in [6.45, 7) is 0.0605. The number of aromatic nitrogens is 4. The highest BCUT2D eigenvalue weighted by atomic mass is 16.4. The van der Waals surface area contributed by atoms with Crippen LogP contribution < -0.4 is 27.7 Å². The van der Waals surface area contributed by atoms with Gasteiger partial charge < -0.3 is 27.2 Å². The predicted octanol–water partition coefficient (Wildman–Crippen LogP) is -0.951. The van der Waals surface area contributed by atoms with Gasteiger partial charge in [0, 0.05) is 17.8 Å². The zero-order valence-electron chi connectivity index (χ0n) is 15.0. The van der Waals surface area contributed by atoms with E-state index in [-0.39, 0.29) is 35.8 Å². The Hall–Kier alpha value is -4.06. The average Bonchev–Trinajstić information content (AvgIpc) is 2.70. The molecular weight excluding hydrogens is 380 g/mol. The van der Waals surface area contributed by atoms with Crippen molar-refractivity contribution < 1.29 is 14.7 Å². The van der Waals surface area contributed by atoms with Gasteiger partial charge in [-0.1, -0.05) is 0 Å². The summed E-state index contributed by atoms with van der Waals surface area (Å²) in [4.78, 5) is 49.5. The predicted molar refractivity (Wildman–Crippen MR) is 104 cm³/mol. The second-order valence-electron chi connectivity index (χ2n) is 6.02. The fourth-order valence-corrected chi connectivity index (χ4v) is 2.45. The molecule has 3 rings (SSSR count). The van der Waals surface area contributed by atoms with E-state index in [4.69, 9.17) is 16.6 Å². The van der Waals surface area contributed by atoms with Crippen LogP contribution >= 0.6 is 0 Å². The number of hydrogen-bond acceptors (Lipinski definition) is 9. The number of carbonyl (C=O) groups excluding carboxylic acids is 1. The number of nitrogens with zero attached hydrogens (tertiary/aromatic N) is 3. The Morgan fingerprint density at radius 3 is 2.59 bits per heavy atom. The number of amides is 1. The van der Waals surface area contributed by atoms with E-state index in [1.165, 1.54) is 18.3 Å². The van der Waals surface area contributed by atoms with Crippen LogP contribution in [0.5, 0.6) is 0 Å². The number of hydrogen-bond donors (Lipinski definition) is 6. The van der Waals surface area contributed by atoms with E-state index in [9.17, 15) is 14.4 Å². The molecule has 2 aromatic heterocycles. The molecule has 0 aliphatic heterocycles. The summed E-state index contributed by atoms with van der Waals surface area (Å²) in [6, 6.07) is 5.22. The minimum atomic E-state index is -1.20. The molecule has 8 N–H and O–H groups in total. The van der Waals surface area contributed by atoms with E-state index in [1.54, 1.807) is 12.1 Å². The Kier molecular flexibility index (Phi) is 5.64. The SMILES string of the molecule is NC[C@H](NC(=O)c1ccc(NCc2cnc3nc(N)[nH]c(=O)c3n2)cc1)C(=O)O. The summed E-state index contributed by atoms with van der Waals surface area (Å²) in [5.41, 5.74) is 12.0. The first-order valence-corrected chi connectivity index (χ1v) is 8.46. The highest BCUT2D eigenvalue weighted by molar-refractivity contribution is 5.96. The van der Waals surface area contributed by atoms with Gasteiger partial charge in [0.05, 0.1) is 18.4 Å². The van der Waals surface area contributed by atoms with Crippen LogP contribution in [0.25, 0.3) is 11.2 Å². The van der Waals surface area contributed by atoms with E-state index >= 15 is 0 Å². The van der Waals surface area contributed by atoms with E-state index in [2.05, 4.69) is 30.6 Å². The maximum absolute atomic E-state index is 12.1. The lowest BCUT2D eigenvalue weighted by molar-refractivity contribution is -0.138. The van der Waals surface area contributed by atoms with Gasteiger partial charge in [0.25, 0.3) is 11.5 Å². The first-order chi connectivity index (χ1) is 13.9. The van der Waals surface area contributed by atoms with Crippen molar-refractivity contribution in [1.29, 1.82) is 0 Å². The van der Waals surface area contributed by atoms with Crippen molar-refractivity contribution in [3.05, 3.63) is 52.1 Å². The number of nitrogens with two attached hydrogens (primary N) is 2. The van der Waals surface area contributed by atoms with Crippen molar-refractivity contribution >= 4 is 34.7 Å². The molecule has 12 nitrogen and oxygen atoms in total. The molecule has 1 atom stereocenters. The summed E-state index contributed by atoms with van der Waals surface area (Å²) < 4.78 is 0. The van der Waals surface area contributed by atoms with Gasteiger partial charge in [0.1, 0.15) is 6.04 Å². The van der Waals surface area contributed by atoms with Crippen LogP contribution in [0.1, 0.15) is 16.1 Å². The third-order valence-corrected chi connectivity index (χ3v) is 3.95. The topological polar surface area (TPSA) is 202 Å². The van der Waals surface area contributed by atoms with Gasteiger partial charge in [0.15, 0.2) is 11.2 Å². The second-order valence-corrected chi connectivity index (χ2v) is 6.02. The highest BCUT2D eigenvalue weighted by Crippen LogP contribution is 2.11. The van der Waals surface area contributed by atoms with Crippen LogP contribution in [0.15, 0.2) is 35.3 Å². The molecule has 0 unspecified atom stereocenters. The maximum atomic E-state index is 12.1. The third-order valence-electron chi connectivity index (χ3n) is 3.95. The van der Waals surface area contributed by atoms with Crippen LogP contribution in [0.3, 0.4) is 0 Å². The molecule has 29 heavy (non-hydrogen) atoms. The molecule has 0 fully saturated rings. The van der Waals surface area contributed by atoms with Gasteiger partial charge >= 0.3 is 5.97 Å². The molecule has 1 aromatic carbocycles. The van der Waals surface area contributed by atoms with Gasteiger partial charge in [-0.15, -0.1) is 0 Å². The highest BCUT2D eigenvalue weighted by Gasteiger charge is 2.18. The molecule has 0 spiro atoms. The molecule has 12 heteroatoms.